The Morgan fingerprint density at radius 1 is 1.22 bits per heavy atom. The van der Waals surface area contributed by atoms with Gasteiger partial charge in [0, 0.05) is 25.1 Å². The van der Waals surface area contributed by atoms with Crippen LogP contribution in [0.2, 0.25) is 0 Å². The highest BCUT2D eigenvalue weighted by atomic mass is 16.2. The van der Waals surface area contributed by atoms with E-state index in [1.807, 2.05) is 46.0 Å². The first-order valence-electron chi connectivity index (χ1n) is 7.69. The van der Waals surface area contributed by atoms with Gasteiger partial charge in [-0.3, -0.25) is 4.79 Å². The van der Waals surface area contributed by atoms with Gasteiger partial charge in [-0.15, -0.1) is 0 Å². The molecule has 3 aromatic rings. The van der Waals surface area contributed by atoms with E-state index in [1.165, 1.54) is 0 Å². The Hall–Kier alpha value is -2.89. The van der Waals surface area contributed by atoms with Crippen LogP contribution < -0.4 is 5.73 Å². The van der Waals surface area contributed by atoms with Crippen LogP contribution in [0, 0.1) is 0 Å². The van der Waals surface area contributed by atoms with E-state index in [0.717, 1.165) is 18.4 Å². The first kappa shape index (κ1) is 13.8. The van der Waals surface area contributed by atoms with Crippen LogP contribution in [-0.4, -0.2) is 31.7 Å². The summed E-state index contributed by atoms with van der Waals surface area (Å²) in [6, 6.07) is 9.26. The summed E-state index contributed by atoms with van der Waals surface area (Å²) in [5.74, 6) is 1.08. The number of likely N-dealkylation sites (tertiary alicyclic amines) is 1. The first-order chi connectivity index (χ1) is 11.2. The minimum absolute atomic E-state index is 0.0206. The molecule has 6 nitrogen and oxygen atoms in total. The van der Waals surface area contributed by atoms with Crippen molar-refractivity contribution < 1.29 is 4.79 Å². The Kier molecular flexibility index (Phi) is 3.22. The molecular weight excluding hydrogens is 290 g/mol. The summed E-state index contributed by atoms with van der Waals surface area (Å²) >= 11 is 0. The zero-order valence-corrected chi connectivity index (χ0v) is 12.6. The Morgan fingerprint density at radius 2 is 2.13 bits per heavy atom. The highest BCUT2D eigenvalue weighted by Gasteiger charge is 2.33. The van der Waals surface area contributed by atoms with Crippen LogP contribution in [0.5, 0.6) is 0 Å². The van der Waals surface area contributed by atoms with Crippen LogP contribution in [-0.2, 0) is 0 Å². The number of aromatic nitrogens is 3. The van der Waals surface area contributed by atoms with E-state index in [1.54, 1.807) is 12.3 Å². The second-order valence-electron chi connectivity index (χ2n) is 5.72. The Balaban J connectivity index is 1.70. The Morgan fingerprint density at radius 3 is 3.00 bits per heavy atom. The fourth-order valence-electron chi connectivity index (χ4n) is 3.22. The number of rotatable bonds is 2. The van der Waals surface area contributed by atoms with Crippen molar-refractivity contribution in [3.8, 4) is 0 Å². The first-order valence-corrected chi connectivity index (χ1v) is 7.69. The molecule has 6 heteroatoms. The molecule has 3 aromatic heterocycles. The fourth-order valence-corrected chi connectivity index (χ4v) is 3.22. The molecule has 1 aliphatic rings. The van der Waals surface area contributed by atoms with Gasteiger partial charge in [0.2, 0.25) is 0 Å². The van der Waals surface area contributed by atoms with E-state index >= 15 is 0 Å². The van der Waals surface area contributed by atoms with E-state index in [0.29, 0.717) is 23.8 Å². The molecule has 4 rings (SSSR count). The third-order valence-electron chi connectivity index (χ3n) is 4.31. The van der Waals surface area contributed by atoms with Gasteiger partial charge in [-0.2, -0.15) is 0 Å². The van der Waals surface area contributed by atoms with Crippen molar-refractivity contribution in [1.29, 1.82) is 0 Å². The maximum Gasteiger partial charge on any atom is 0.256 e. The van der Waals surface area contributed by atoms with E-state index in [2.05, 4.69) is 9.97 Å². The molecule has 23 heavy (non-hydrogen) atoms. The van der Waals surface area contributed by atoms with Crippen LogP contribution in [0.3, 0.4) is 0 Å². The molecule has 0 saturated carbocycles. The van der Waals surface area contributed by atoms with E-state index in [-0.39, 0.29) is 11.9 Å². The molecule has 1 atom stereocenters. The number of amides is 1. The summed E-state index contributed by atoms with van der Waals surface area (Å²) in [5.41, 5.74) is 7.38. The molecular formula is C17H17N5O. The van der Waals surface area contributed by atoms with Crippen molar-refractivity contribution in [2.45, 2.75) is 18.9 Å². The SMILES string of the molecule is Nc1ccnc(C2CCCN2C(=O)c2ccn3ccccc23)n1. The lowest BCUT2D eigenvalue weighted by atomic mass is 10.1. The van der Waals surface area contributed by atoms with Gasteiger partial charge >= 0.3 is 0 Å². The number of anilines is 1. The average molecular weight is 307 g/mol. The number of hydrogen-bond donors (Lipinski definition) is 1. The molecule has 4 heterocycles. The zero-order valence-electron chi connectivity index (χ0n) is 12.6. The summed E-state index contributed by atoms with van der Waals surface area (Å²) in [5, 5.41) is 0. The maximum atomic E-state index is 13.0. The molecule has 0 aliphatic carbocycles. The lowest BCUT2D eigenvalue weighted by Crippen LogP contribution is -2.31. The number of nitrogen functional groups attached to an aromatic ring is 1. The fraction of sp³-hybridized carbons (Fsp3) is 0.235. The normalized spacial score (nSPS) is 17.7. The minimum atomic E-state index is -0.107. The molecule has 1 saturated heterocycles. The summed E-state index contributed by atoms with van der Waals surface area (Å²) < 4.78 is 1.95. The minimum Gasteiger partial charge on any atom is -0.384 e. The molecule has 1 amide bonds. The molecule has 1 aliphatic heterocycles. The summed E-state index contributed by atoms with van der Waals surface area (Å²) in [6.45, 7) is 0.714. The highest BCUT2D eigenvalue weighted by Crippen LogP contribution is 2.32. The van der Waals surface area contributed by atoms with Gasteiger partial charge in [-0.05, 0) is 37.1 Å². The quantitative estimate of drug-likeness (QED) is 0.788. The van der Waals surface area contributed by atoms with Crippen LogP contribution in [0.15, 0.2) is 48.9 Å². The summed E-state index contributed by atoms with van der Waals surface area (Å²) in [4.78, 5) is 23.5. The predicted octanol–water partition coefficient (Wildman–Crippen LogP) is 2.29. The lowest BCUT2D eigenvalue weighted by molar-refractivity contribution is 0.0732. The van der Waals surface area contributed by atoms with Gasteiger partial charge in [0.25, 0.3) is 5.91 Å². The molecule has 0 bridgehead atoms. The van der Waals surface area contributed by atoms with E-state index < -0.39 is 0 Å². The zero-order chi connectivity index (χ0) is 15.8. The maximum absolute atomic E-state index is 13.0. The monoisotopic (exact) mass is 307 g/mol. The van der Waals surface area contributed by atoms with Crippen LogP contribution >= 0.6 is 0 Å². The summed E-state index contributed by atoms with van der Waals surface area (Å²) in [7, 11) is 0. The number of hydrogen-bond acceptors (Lipinski definition) is 4. The molecule has 0 aromatic carbocycles. The van der Waals surface area contributed by atoms with Gasteiger partial charge in [0.1, 0.15) is 5.82 Å². The van der Waals surface area contributed by atoms with Crippen LogP contribution in [0.1, 0.15) is 35.1 Å². The van der Waals surface area contributed by atoms with E-state index in [9.17, 15) is 4.79 Å². The van der Waals surface area contributed by atoms with Gasteiger partial charge in [0.15, 0.2) is 5.82 Å². The topological polar surface area (TPSA) is 76.5 Å². The standard InChI is InChI=1S/C17H17N5O/c18-15-6-8-19-16(20-15)14-5-3-10-22(14)17(23)12-7-11-21-9-2-1-4-13(12)21/h1-2,4,6-9,11,14H,3,5,10H2,(H2,18,19,20). The highest BCUT2D eigenvalue weighted by molar-refractivity contribution is 6.01. The Bertz CT molecular complexity index is 872. The molecule has 0 radical (unpaired) electrons. The second kappa shape index (κ2) is 5.39. The third-order valence-corrected chi connectivity index (χ3v) is 4.31. The number of pyridine rings is 1. The molecule has 116 valence electrons. The van der Waals surface area contributed by atoms with E-state index in [4.69, 9.17) is 5.73 Å². The van der Waals surface area contributed by atoms with Gasteiger partial charge in [-0.25, -0.2) is 9.97 Å². The molecule has 1 fully saturated rings. The van der Waals surface area contributed by atoms with Crippen LogP contribution in [0.4, 0.5) is 5.82 Å². The number of carbonyl (C=O) groups is 1. The molecule has 2 N–H and O–H groups in total. The van der Waals surface area contributed by atoms with Crippen molar-refractivity contribution in [2.75, 3.05) is 12.3 Å². The Labute approximate surface area is 133 Å². The smallest absolute Gasteiger partial charge is 0.256 e. The van der Waals surface area contributed by atoms with Gasteiger partial charge in [0.05, 0.1) is 17.1 Å². The van der Waals surface area contributed by atoms with Crippen molar-refractivity contribution in [1.82, 2.24) is 19.3 Å². The predicted molar refractivity (Wildman–Crippen MR) is 86.9 cm³/mol. The molecule has 0 spiro atoms. The van der Waals surface area contributed by atoms with Crippen LogP contribution in [0.25, 0.3) is 5.52 Å². The number of fused-ring (bicyclic) bond motifs is 1. The van der Waals surface area contributed by atoms with Crippen molar-refractivity contribution in [3.05, 3.63) is 60.3 Å². The van der Waals surface area contributed by atoms with Gasteiger partial charge < -0.3 is 15.0 Å². The number of nitrogens with two attached hydrogens (primary N) is 1. The van der Waals surface area contributed by atoms with Crippen molar-refractivity contribution in [3.63, 3.8) is 0 Å². The number of carbonyl (C=O) groups excluding carboxylic acids is 1. The largest absolute Gasteiger partial charge is 0.384 e. The third kappa shape index (κ3) is 2.32. The van der Waals surface area contributed by atoms with Gasteiger partial charge in [-0.1, -0.05) is 6.07 Å². The van der Waals surface area contributed by atoms with Crippen molar-refractivity contribution in [2.24, 2.45) is 0 Å². The lowest BCUT2D eigenvalue weighted by Gasteiger charge is -2.23. The number of nitrogens with zero attached hydrogens (tertiary/aromatic N) is 4. The average Bonchev–Trinajstić information content (AvgIpc) is 3.21. The second-order valence-corrected chi connectivity index (χ2v) is 5.72. The molecule has 1 unspecified atom stereocenters. The summed E-state index contributed by atoms with van der Waals surface area (Å²) in [6.07, 6.45) is 7.30. The van der Waals surface area contributed by atoms with Crippen molar-refractivity contribution >= 4 is 17.2 Å².